The van der Waals surface area contributed by atoms with E-state index in [2.05, 4.69) is 38.2 Å². The van der Waals surface area contributed by atoms with Gasteiger partial charge in [0.15, 0.2) is 0 Å². The molecule has 0 radical (unpaired) electrons. The van der Waals surface area contributed by atoms with Crippen LogP contribution in [0.3, 0.4) is 0 Å². The van der Waals surface area contributed by atoms with E-state index in [4.69, 9.17) is 18.5 Å². The summed E-state index contributed by atoms with van der Waals surface area (Å²) in [7, 11) is 1.67. The standard InChI is InChI=1S/C47H92NO7P/c1-6-8-10-12-14-16-18-20-22-24-25-26-28-30-32-34-36-38-40-47(49)55-46(45-54-56(50,51)53-43-41-48(3,4)5)44-52-42-39-37-35-33-31-29-27-23-21-19-17-15-13-11-9-7-2/h16,18,22,24,46H,6-15,17,19-21,23,25-45H2,1-5H3/p+1/b18-16-,24-22-. The number of rotatable bonds is 44. The molecule has 0 aromatic heterocycles. The fourth-order valence-electron chi connectivity index (χ4n) is 6.58. The van der Waals surface area contributed by atoms with E-state index < -0.39 is 13.9 Å². The Bertz CT molecular complexity index is 951. The number of likely N-dealkylation sites (N-methyl/N-ethyl adjacent to an activating group) is 1. The van der Waals surface area contributed by atoms with Gasteiger partial charge in [-0.3, -0.25) is 13.8 Å². The summed E-state index contributed by atoms with van der Waals surface area (Å²) in [4.78, 5) is 22.9. The molecule has 9 heteroatoms. The van der Waals surface area contributed by atoms with E-state index in [1.165, 1.54) is 148 Å². The summed E-state index contributed by atoms with van der Waals surface area (Å²) in [5, 5.41) is 0. The monoisotopic (exact) mass is 815 g/mol. The van der Waals surface area contributed by atoms with E-state index in [1.807, 2.05) is 21.1 Å². The van der Waals surface area contributed by atoms with Crippen LogP contribution >= 0.6 is 7.82 Å². The predicted octanol–water partition coefficient (Wildman–Crippen LogP) is 14.0. The highest BCUT2D eigenvalue weighted by molar-refractivity contribution is 7.47. The maximum Gasteiger partial charge on any atom is 0.472 e. The van der Waals surface area contributed by atoms with Crippen LogP contribution < -0.4 is 0 Å². The van der Waals surface area contributed by atoms with E-state index in [-0.39, 0.29) is 25.8 Å². The lowest BCUT2D eigenvalue weighted by molar-refractivity contribution is -0.870. The smallest absolute Gasteiger partial charge is 0.457 e. The summed E-state index contributed by atoms with van der Waals surface area (Å²) < 4.78 is 35.1. The van der Waals surface area contributed by atoms with Gasteiger partial charge in [-0.05, 0) is 44.9 Å². The third-order valence-corrected chi connectivity index (χ3v) is 11.2. The van der Waals surface area contributed by atoms with Crippen molar-refractivity contribution in [1.82, 2.24) is 0 Å². The molecule has 0 aromatic carbocycles. The Morgan fingerprint density at radius 1 is 0.554 bits per heavy atom. The zero-order chi connectivity index (χ0) is 41.3. The van der Waals surface area contributed by atoms with Crippen LogP contribution in [-0.2, 0) is 27.9 Å². The summed E-state index contributed by atoms with van der Waals surface area (Å²) in [6.45, 7) is 5.63. The predicted molar refractivity (Wildman–Crippen MR) is 238 cm³/mol. The van der Waals surface area contributed by atoms with Gasteiger partial charge in [-0.2, -0.15) is 0 Å². The van der Waals surface area contributed by atoms with Crippen LogP contribution in [0.2, 0.25) is 0 Å². The first kappa shape index (κ1) is 55.0. The van der Waals surface area contributed by atoms with E-state index >= 15 is 0 Å². The number of carbonyl (C=O) groups excluding carboxylic acids is 1. The van der Waals surface area contributed by atoms with Crippen molar-refractivity contribution in [2.24, 2.45) is 0 Å². The molecule has 0 rings (SSSR count). The Hall–Kier alpha value is -1.02. The summed E-state index contributed by atoms with van der Waals surface area (Å²) in [6, 6.07) is 0. The Morgan fingerprint density at radius 3 is 1.46 bits per heavy atom. The molecule has 0 heterocycles. The maximum atomic E-state index is 12.7. The molecule has 0 saturated carbocycles. The average Bonchev–Trinajstić information content (AvgIpc) is 3.15. The fraction of sp³-hybridized carbons (Fsp3) is 0.894. The van der Waals surface area contributed by atoms with Crippen molar-refractivity contribution < 1.29 is 37.3 Å². The largest absolute Gasteiger partial charge is 0.472 e. The number of esters is 1. The summed E-state index contributed by atoms with van der Waals surface area (Å²) >= 11 is 0. The van der Waals surface area contributed by atoms with Crippen molar-refractivity contribution in [1.29, 1.82) is 0 Å². The first-order valence-corrected chi connectivity index (χ1v) is 25.1. The minimum Gasteiger partial charge on any atom is -0.457 e. The number of hydrogen-bond acceptors (Lipinski definition) is 6. The number of hydrogen-bond donors (Lipinski definition) is 1. The highest BCUT2D eigenvalue weighted by Crippen LogP contribution is 2.43. The number of carbonyl (C=O) groups is 1. The zero-order valence-corrected chi connectivity index (χ0v) is 38.5. The summed E-state index contributed by atoms with van der Waals surface area (Å²) in [5.41, 5.74) is 0. The number of phosphoric ester groups is 1. The molecule has 0 saturated heterocycles. The molecule has 0 bridgehead atoms. The van der Waals surface area contributed by atoms with Crippen molar-refractivity contribution in [3.05, 3.63) is 24.3 Å². The molecular weight excluding hydrogens is 721 g/mol. The van der Waals surface area contributed by atoms with Crippen molar-refractivity contribution in [3.63, 3.8) is 0 Å². The van der Waals surface area contributed by atoms with Crippen molar-refractivity contribution in [3.8, 4) is 0 Å². The number of quaternary nitrogens is 1. The second kappa shape index (κ2) is 40.7. The van der Waals surface area contributed by atoms with Crippen LogP contribution in [0.1, 0.15) is 213 Å². The summed E-state index contributed by atoms with van der Waals surface area (Å²) in [6.07, 6.45) is 46.3. The Morgan fingerprint density at radius 2 is 0.982 bits per heavy atom. The number of nitrogens with zero attached hydrogens (tertiary/aromatic N) is 1. The van der Waals surface area contributed by atoms with E-state index in [9.17, 15) is 14.3 Å². The van der Waals surface area contributed by atoms with Gasteiger partial charge in [0.25, 0.3) is 0 Å². The molecule has 0 fully saturated rings. The van der Waals surface area contributed by atoms with Crippen molar-refractivity contribution >= 4 is 13.8 Å². The van der Waals surface area contributed by atoms with Gasteiger partial charge in [0.1, 0.15) is 19.3 Å². The fourth-order valence-corrected chi connectivity index (χ4v) is 7.33. The lowest BCUT2D eigenvalue weighted by Crippen LogP contribution is -2.37. The van der Waals surface area contributed by atoms with E-state index in [0.29, 0.717) is 24.1 Å². The van der Waals surface area contributed by atoms with Gasteiger partial charge in [0, 0.05) is 13.0 Å². The molecule has 0 amide bonds. The van der Waals surface area contributed by atoms with E-state index in [1.54, 1.807) is 0 Å². The van der Waals surface area contributed by atoms with Gasteiger partial charge >= 0.3 is 13.8 Å². The molecule has 2 atom stereocenters. The zero-order valence-electron chi connectivity index (χ0n) is 37.6. The number of phosphoric acid groups is 1. The third kappa shape index (κ3) is 44.1. The second-order valence-electron chi connectivity index (χ2n) is 17.1. The molecule has 0 aliphatic carbocycles. The molecule has 56 heavy (non-hydrogen) atoms. The van der Waals surface area contributed by atoms with Crippen LogP contribution in [-0.4, -0.2) is 75.6 Å². The van der Waals surface area contributed by atoms with Crippen molar-refractivity contribution in [2.45, 2.75) is 219 Å². The Labute approximate surface area is 347 Å². The van der Waals surface area contributed by atoms with Crippen LogP contribution in [0, 0.1) is 0 Å². The molecule has 0 spiro atoms. The number of allylic oxidation sites excluding steroid dienone is 4. The van der Waals surface area contributed by atoms with Gasteiger partial charge in [-0.15, -0.1) is 0 Å². The lowest BCUT2D eigenvalue weighted by Gasteiger charge is -2.24. The van der Waals surface area contributed by atoms with Crippen LogP contribution in [0.5, 0.6) is 0 Å². The SMILES string of the molecule is CCCCCC/C=C\C/C=C\CCCCCCCCCC(=O)OC(COCCCCCCCCCCCCCCCCCC)COP(=O)(O)OCC[N+](C)(C)C. The van der Waals surface area contributed by atoms with Gasteiger partial charge in [0.2, 0.25) is 0 Å². The van der Waals surface area contributed by atoms with Gasteiger partial charge in [-0.1, -0.05) is 186 Å². The number of ether oxygens (including phenoxy) is 2. The normalized spacial score (nSPS) is 13.9. The van der Waals surface area contributed by atoms with Gasteiger partial charge < -0.3 is 18.9 Å². The minimum atomic E-state index is -4.27. The van der Waals surface area contributed by atoms with Crippen LogP contribution in [0.4, 0.5) is 0 Å². The summed E-state index contributed by atoms with van der Waals surface area (Å²) in [5.74, 6) is -0.318. The molecule has 0 aliphatic rings. The molecule has 8 nitrogen and oxygen atoms in total. The van der Waals surface area contributed by atoms with Crippen LogP contribution in [0.15, 0.2) is 24.3 Å². The molecule has 0 aliphatic heterocycles. The maximum absolute atomic E-state index is 12.7. The molecule has 1 N–H and O–H groups in total. The first-order chi connectivity index (χ1) is 27.1. The molecule has 0 aromatic rings. The second-order valence-corrected chi connectivity index (χ2v) is 18.6. The topological polar surface area (TPSA) is 91.3 Å². The lowest BCUT2D eigenvalue weighted by atomic mass is 10.0. The van der Waals surface area contributed by atoms with Gasteiger partial charge in [0.05, 0.1) is 34.4 Å². The Kier molecular flexibility index (Phi) is 40.0. The van der Waals surface area contributed by atoms with Crippen LogP contribution in [0.25, 0.3) is 0 Å². The Balaban J connectivity index is 4.19. The van der Waals surface area contributed by atoms with E-state index in [0.717, 1.165) is 44.9 Å². The van der Waals surface area contributed by atoms with Crippen molar-refractivity contribution in [2.75, 3.05) is 54.1 Å². The molecule has 332 valence electrons. The number of unbranched alkanes of at least 4 members (excludes halogenated alkanes) is 26. The van der Waals surface area contributed by atoms with Gasteiger partial charge in [-0.25, -0.2) is 4.57 Å². The highest BCUT2D eigenvalue weighted by atomic mass is 31.2. The average molecular weight is 815 g/mol. The third-order valence-electron chi connectivity index (χ3n) is 10.3. The molecule has 2 unspecified atom stereocenters. The quantitative estimate of drug-likeness (QED) is 0.0215. The first-order valence-electron chi connectivity index (χ1n) is 23.6. The highest BCUT2D eigenvalue weighted by Gasteiger charge is 2.26. The molecular formula is C47H93NO7P+. The minimum absolute atomic E-state index is 0.0890.